The molecule has 0 radical (unpaired) electrons. The first kappa shape index (κ1) is 20.6. The van der Waals surface area contributed by atoms with E-state index < -0.39 is 23.1 Å². The Morgan fingerprint density at radius 2 is 2.03 bits per heavy atom. The average molecular weight is 448 g/mol. The summed E-state index contributed by atoms with van der Waals surface area (Å²) >= 11 is 7.33. The number of nitrogens with one attached hydrogen (secondary N) is 1. The van der Waals surface area contributed by atoms with E-state index in [0.717, 1.165) is 17.7 Å². The maximum absolute atomic E-state index is 14.4. The fourth-order valence-electron chi connectivity index (χ4n) is 3.49. The van der Waals surface area contributed by atoms with Crippen LogP contribution >= 0.6 is 23.4 Å². The van der Waals surface area contributed by atoms with E-state index >= 15 is 0 Å². The van der Waals surface area contributed by atoms with Gasteiger partial charge in [-0.2, -0.15) is 4.98 Å². The maximum atomic E-state index is 14.4. The highest BCUT2D eigenvalue weighted by molar-refractivity contribution is 7.98. The highest BCUT2D eigenvalue weighted by Gasteiger charge is 2.33. The third-order valence-electron chi connectivity index (χ3n) is 4.90. The lowest BCUT2D eigenvalue weighted by atomic mass is 9.86. The topological polar surface area (TPSA) is 64.0 Å². The molecule has 1 atom stereocenters. The zero-order chi connectivity index (χ0) is 21.4. The van der Waals surface area contributed by atoms with Crippen molar-refractivity contribution in [2.75, 3.05) is 5.32 Å². The summed E-state index contributed by atoms with van der Waals surface area (Å²) in [6.45, 7) is 0. The molecule has 4 rings (SSSR count). The van der Waals surface area contributed by atoms with E-state index in [1.165, 1.54) is 17.8 Å². The minimum atomic E-state index is -0.840. The fourth-order valence-corrected chi connectivity index (χ4v) is 4.61. The molecule has 2 heterocycles. The smallest absolute Gasteiger partial charge is 0.279 e. The number of carbonyl (C=O) groups is 1. The van der Waals surface area contributed by atoms with Gasteiger partial charge in [-0.05, 0) is 29.3 Å². The van der Waals surface area contributed by atoms with Crippen molar-refractivity contribution in [3.8, 4) is 0 Å². The molecule has 0 saturated carbocycles. The van der Waals surface area contributed by atoms with Gasteiger partial charge in [0, 0.05) is 36.2 Å². The second-order valence-corrected chi connectivity index (χ2v) is 8.29. The Morgan fingerprint density at radius 1 is 1.23 bits per heavy atom. The van der Waals surface area contributed by atoms with Crippen molar-refractivity contribution >= 4 is 35.1 Å². The van der Waals surface area contributed by atoms with Gasteiger partial charge in [0.2, 0.25) is 5.91 Å². The molecule has 5 nitrogen and oxygen atoms in total. The predicted octanol–water partition coefficient (Wildman–Crippen LogP) is 4.48. The molecule has 0 aliphatic carbocycles. The Kier molecular flexibility index (Phi) is 5.62. The van der Waals surface area contributed by atoms with Crippen LogP contribution in [0.25, 0.3) is 0 Å². The van der Waals surface area contributed by atoms with E-state index in [-0.39, 0.29) is 29.3 Å². The first-order valence-electron chi connectivity index (χ1n) is 9.06. The van der Waals surface area contributed by atoms with Gasteiger partial charge in [-0.25, -0.2) is 8.78 Å². The molecule has 0 fully saturated rings. The number of hydrogen-bond acceptors (Lipinski definition) is 4. The van der Waals surface area contributed by atoms with E-state index in [2.05, 4.69) is 10.3 Å². The van der Waals surface area contributed by atoms with Gasteiger partial charge in [-0.15, -0.1) is 0 Å². The number of anilines is 1. The zero-order valence-corrected chi connectivity index (χ0v) is 17.4. The van der Waals surface area contributed by atoms with Crippen molar-refractivity contribution in [3.05, 3.63) is 86.2 Å². The van der Waals surface area contributed by atoms with E-state index in [1.807, 2.05) is 18.2 Å². The van der Waals surface area contributed by atoms with Crippen molar-refractivity contribution in [2.24, 2.45) is 7.05 Å². The van der Waals surface area contributed by atoms with Crippen LogP contribution < -0.4 is 10.9 Å². The normalized spacial score (nSPS) is 15.6. The Labute approximate surface area is 180 Å². The standard InChI is InChI=1S/C21H16ClF2N3O2S/c1-27-19-18(15(9-17(28)25-19)14-6-5-13(23)8-16(14)24)20(29)26-21(27)30-10-11-3-2-4-12(22)7-11/h2-8,15H,9-10H2,1H3,(H,25,28). The molecule has 30 heavy (non-hydrogen) atoms. The molecule has 2 aromatic carbocycles. The quantitative estimate of drug-likeness (QED) is 0.473. The number of benzene rings is 2. The predicted molar refractivity (Wildman–Crippen MR) is 112 cm³/mol. The maximum Gasteiger partial charge on any atom is 0.279 e. The van der Waals surface area contributed by atoms with Crippen LogP contribution in [0.3, 0.4) is 0 Å². The molecule has 1 aliphatic heterocycles. The highest BCUT2D eigenvalue weighted by atomic mass is 35.5. The number of thioether (sulfide) groups is 1. The Bertz CT molecular complexity index is 1220. The molecule has 1 amide bonds. The third-order valence-corrected chi connectivity index (χ3v) is 6.23. The van der Waals surface area contributed by atoms with Gasteiger partial charge in [0.05, 0.1) is 5.56 Å². The van der Waals surface area contributed by atoms with Crippen LogP contribution in [0.15, 0.2) is 52.4 Å². The molecule has 0 bridgehead atoms. The van der Waals surface area contributed by atoms with Crippen molar-refractivity contribution < 1.29 is 13.6 Å². The molecule has 0 spiro atoms. The van der Waals surface area contributed by atoms with Gasteiger partial charge in [-0.3, -0.25) is 9.59 Å². The summed E-state index contributed by atoms with van der Waals surface area (Å²) < 4.78 is 29.3. The van der Waals surface area contributed by atoms with Crippen molar-refractivity contribution in [3.63, 3.8) is 0 Å². The molecule has 1 N–H and O–H groups in total. The summed E-state index contributed by atoms with van der Waals surface area (Å²) in [6, 6.07) is 10.4. The summed E-state index contributed by atoms with van der Waals surface area (Å²) in [7, 11) is 1.68. The van der Waals surface area contributed by atoms with Crippen molar-refractivity contribution in [2.45, 2.75) is 23.2 Å². The molecular weight excluding hydrogens is 432 g/mol. The lowest BCUT2D eigenvalue weighted by Crippen LogP contribution is -2.33. The summed E-state index contributed by atoms with van der Waals surface area (Å²) in [5.74, 6) is -1.94. The number of aromatic nitrogens is 2. The number of carbonyl (C=O) groups excluding carboxylic acids is 1. The first-order valence-corrected chi connectivity index (χ1v) is 10.4. The highest BCUT2D eigenvalue weighted by Crippen LogP contribution is 2.37. The number of nitrogens with zero attached hydrogens (tertiary/aromatic N) is 2. The molecule has 3 aromatic rings. The second kappa shape index (κ2) is 8.20. The van der Waals surface area contributed by atoms with Crippen LogP contribution in [0, 0.1) is 11.6 Å². The molecule has 0 saturated heterocycles. The number of amides is 1. The van der Waals surface area contributed by atoms with Crippen LogP contribution in [0.4, 0.5) is 14.6 Å². The van der Waals surface area contributed by atoms with Gasteiger partial charge in [0.15, 0.2) is 5.16 Å². The molecule has 1 aliphatic rings. The van der Waals surface area contributed by atoms with E-state index in [1.54, 1.807) is 17.7 Å². The fraction of sp³-hybridized carbons (Fsp3) is 0.190. The minimum absolute atomic E-state index is 0.0886. The monoisotopic (exact) mass is 447 g/mol. The number of halogens is 3. The minimum Gasteiger partial charge on any atom is -0.312 e. The number of fused-ring (bicyclic) bond motifs is 1. The van der Waals surface area contributed by atoms with Gasteiger partial charge < -0.3 is 9.88 Å². The van der Waals surface area contributed by atoms with Crippen molar-refractivity contribution in [1.82, 2.24) is 9.55 Å². The molecular formula is C21H16ClF2N3O2S. The van der Waals surface area contributed by atoms with E-state index in [9.17, 15) is 18.4 Å². The SMILES string of the molecule is Cn1c(SCc2cccc(Cl)c2)nc(=O)c2c1NC(=O)CC2c1ccc(F)cc1F. The van der Waals surface area contributed by atoms with Crippen LogP contribution in [0.2, 0.25) is 5.02 Å². The number of hydrogen-bond donors (Lipinski definition) is 1. The Balaban J connectivity index is 1.74. The number of rotatable bonds is 4. The van der Waals surface area contributed by atoms with E-state index in [0.29, 0.717) is 15.9 Å². The zero-order valence-electron chi connectivity index (χ0n) is 15.8. The summed E-state index contributed by atoms with van der Waals surface area (Å²) in [6.07, 6.45) is -0.124. The van der Waals surface area contributed by atoms with Crippen LogP contribution in [0.5, 0.6) is 0 Å². The van der Waals surface area contributed by atoms with Crippen LogP contribution in [0.1, 0.15) is 29.0 Å². The third kappa shape index (κ3) is 3.97. The molecule has 154 valence electrons. The van der Waals surface area contributed by atoms with Gasteiger partial charge >= 0.3 is 0 Å². The van der Waals surface area contributed by atoms with Gasteiger partial charge in [-0.1, -0.05) is 41.6 Å². The molecule has 1 unspecified atom stereocenters. The lowest BCUT2D eigenvalue weighted by Gasteiger charge is -2.27. The first-order chi connectivity index (χ1) is 14.3. The van der Waals surface area contributed by atoms with Crippen LogP contribution in [-0.2, 0) is 17.6 Å². The second-order valence-electron chi connectivity index (χ2n) is 6.91. The van der Waals surface area contributed by atoms with Gasteiger partial charge in [0.25, 0.3) is 5.56 Å². The van der Waals surface area contributed by atoms with Crippen molar-refractivity contribution in [1.29, 1.82) is 0 Å². The summed E-state index contributed by atoms with van der Waals surface area (Å²) in [5, 5.41) is 3.71. The van der Waals surface area contributed by atoms with Gasteiger partial charge in [0.1, 0.15) is 17.5 Å². The van der Waals surface area contributed by atoms with E-state index in [4.69, 9.17) is 11.6 Å². The van der Waals surface area contributed by atoms with Crippen LogP contribution in [-0.4, -0.2) is 15.5 Å². The molecule has 1 aromatic heterocycles. The summed E-state index contributed by atoms with van der Waals surface area (Å²) in [4.78, 5) is 29.3. The lowest BCUT2D eigenvalue weighted by molar-refractivity contribution is -0.116. The average Bonchev–Trinajstić information content (AvgIpc) is 2.69. The molecule has 9 heteroatoms. The largest absolute Gasteiger partial charge is 0.312 e. The Hall–Kier alpha value is -2.71. The summed E-state index contributed by atoms with van der Waals surface area (Å²) in [5.41, 5.74) is 0.681. The Morgan fingerprint density at radius 3 is 2.77 bits per heavy atom.